The van der Waals surface area contributed by atoms with E-state index in [4.69, 9.17) is 0 Å². The van der Waals surface area contributed by atoms with Crippen molar-refractivity contribution < 1.29 is 4.79 Å². The number of nitrogens with one attached hydrogen (secondary N) is 1. The molecule has 0 spiro atoms. The summed E-state index contributed by atoms with van der Waals surface area (Å²) in [5, 5.41) is 8.18. The summed E-state index contributed by atoms with van der Waals surface area (Å²) in [6.45, 7) is 1.83. The van der Waals surface area contributed by atoms with Crippen LogP contribution in [-0.4, -0.2) is 31.4 Å². The minimum atomic E-state index is -0.295. The molecule has 23 heavy (non-hydrogen) atoms. The smallest absolute Gasteiger partial charge is 0.267 e. The summed E-state index contributed by atoms with van der Waals surface area (Å²) in [7, 11) is 0. The zero-order valence-corrected chi connectivity index (χ0v) is 12.4. The molecule has 7 heteroatoms. The molecule has 0 unspecified atom stereocenters. The van der Waals surface area contributed by atoms with Crippen LogP contribution in [-0.2, 0) is 0 Å². The molecule has 0 aliphatic rings. The van der Waals surface area contributed by atoms with Crippen molar-refractivity contribution in [3.63, 3.8) is 0 Å². The van der Waals surface area contributed by atoms with Gasteiger partial charge in [-0.05, 0) is 36.8 Å². The van der Waals surface area contributed by atoms with E-state index < -0.39 is 0 Å². The maximum absolute atomic E-state index is 11.9. The topological polar surface area (TPSA) is 85.1 Å². The van der Waals surface area contributed by atoms with Gasteiger partial charge < -0.3 is 0 Å². The minimum absolute atomic E-state index is 0.295. The van der Waals surface area contributed by atoms with Gasteiger partial charge in [-0.1, -0.05) is 12.1 Å². The summed E-state index contributed by atoms with van der Waals surface area (Å²) < 4.78 is 1.67. The van der Waals surface area contributed by atoms with E-state index in [1.54, 1.807) is 29.3 Å². The third kappa shape index (κ3) is 3.46. The van der Waals surface area contributed by atoms with Crippen LogP contribution in [0.5, 0.6) is 0 Å². The fraction of sp³-hybridized carbons (Fsp3) is 0.0625. The van der Waals surface area contributed by atoms with E-state index in [2.05, 4.69) is 25.6 Å². The number of benzene rings is 1. The largest absolute Gasteiger partial charge is 0.272 e. The summed E-state index contributed by atoms with van der Waals surface area (Å²) in [5.41, 5.74) is 5.49. The second-order valence-electron chi connectivity index (χ2n) is 4.77. The Morgan fingerprint density at radius 1 is 1.13 bits per heavy atom. The SMILES string of the molecule is C/C(=N\NC(=O)c1cccnc1)c1ccc(-n2cncn2)cc1. The van der Waals surface area contributed by atoms with Crippen molar-refractivity contribution in [1.29, 1.82) is 0 Å². The first-order valence-electron chi connectivity index (χ1n) is 6.94. The number of aromatic nitrogens is 4. The van der Waals surface area contributed by atoms with E-state index >= 15 is 0 Å². The number of hydrogen-bond acceptors (Lipinski definition) is 5. The number of carbonyl (C=O) groups is 1. The molecule has 0 fully saturated rings. The molecular formula is C16H14N6O. The molecule has 2 heterocycles. The number of nitrogens with zero attached hydrogens (tertiary/aromatic N) is 5. The predicted octanol–water partition coefficient (Wildman–Crippen LogP) is 1.82. The van der Waals surface area contributed by atoms with E-state index in [1.165, 1.54) is 12.5 Å². The lowest BCUT2D eigenvalue weighted by Crippen LogP contribution is -2.19. The van der Waals surface area contributed by atoms with Crippen molar-refractivity contribution in [2.24, 2.45) is 5.10 Å². The molecule has 0 bridgehead atoms. The Bertz CT molecular complexity index is 810. The van der Waals surface area contributed by atoms with Crippen LogP contribution in [0, 0.1) is 0 Å². The Hall–Kier alpha value is -3.35. The fourth-order valence-electron chi connectivity index (χ4n) is 1.96. The molecule has 0 saturated heterocycles. The van der Waals surface area contributed by atoms with Gasteiger partial charge in [0, 0.05) is 12.4 Å². The molecule has 0 aliphatic carbocycles. The normalized spacial score (nSPS) is 11.3. The van der Waals surface area contributed by atoms with E-state index in [0.717, 1.165) is 11.3 Å². The molecule has 0 aliphatic heterocycles. The minimum Gasteiger partial charge on any atom is -0.267 e. The Kier molecular flexibility index (Phi) is 4.19. The zero-order chi connectivity index (χ0) is 16.1. The van der Waals surface area contributed by atoms with Crippen LogP contribution >= 0.6 is 0 Å². The lowest BCUT2D eigenvalue weighted by Gasteiger charge is -2.04. The summed E-state index contributed by atoms with van der Waals surface area (Å²) in [6.07, 6.45) is 6.22. The summed E-state index contributed by atoms with van der Waals surface area (Å²) in [4.78, 5) is 19.7. The average molecular weight is 306 g/mol. The number of pyridine rings is 1. The molecule has 1 aromatic carbocycles. The zero-order valence-electron chi connectivity index (χ0n) is 12.4. The van der Waals surface area contributed by atoms with Crippen LogP contribution in [0.1, 0.15) is 22.8 Å². The summed E-state index contributed by atoms with van der Waals surface area (Å²) in [6, 6.07) is 11.0. The van der Waals surface area contributed by atoms with Gasteiger partial charge in [0.05, 0.1) is 17.0 Å². The highest BCUT2D eigenvalue weighted by Crippen LogP contribution is 2.09. The van der Waals surface area contributed by atoms with Crippen LogP contribution in [0.2, 0.25) is 0 Å². The number of carbonyl (C=O) groups excluding carboxylic acids is 1. The highest BCUT2D eigenvalue weighted by Gasteiger charge is 2.05. The second-order valence-corrected chi connectivity index (χ2v) is 4.77. The van der Waals surface area contributed by atoms with Crippen molar-refractivity contribution in [2.75, 3.05) is 0 Å². The Balaban J connectivity index is 1.70. The number of hydrazone groups is 1. The molecule has 7 nitrogen and oxygen atoms in total. The van der Waals surface area contributed by atoms with Crippen molar-refractivity contribution in [3.8, 4) is 5.69 Å². The molecule has 0 radical (unpaired) electrons. The first-order chi connectivity index (χ1) is 11.2. The molecule has 114 valence electrons. The van der Waals surface area contributed by atoms with Crippen molar-refractivity contribution in [2.45, 2.75) is 6.92 Å². The Labute approximate surface area is 132 Å². The number of amides is 1. The molecule has 0 atom stereocenters. The quantitative estimate of drug-likeness (QED) is 0.588. The summed E-state index contributed by atoms with van der Waals surface area (Å²) in [5.74, 6) is -0.295. The van der Waals surface area contributed by atoms with E-state index in [9.17, 15) is 4.79 Å². The van der Waals surface area contributed by atoms with Gasteiger partial charge in [0.1, 0.15) is 12.7 Å². The molecule has 2 aromatic heterocycles. The third-order valence-electron chi connectivity index (χ3n) is 3.22. The highest BCUT2D eigenvalue weighted by molar-refractivity contribution is 6.00. The van der Waals surface area contributed by atoms with Crippen LogP contribution < -0.4 is 5.43 Å². The van der Waals surface area contributed by atoms with Gasteiger partial charge in [-0.15, -0.1) is 0 Å². The van der Waals surface area contributed by atoms with Crippen LogP contribution in [0.4, 0.5) is 0 Å². The summed E-state index contributed by atoms with van der Waals surface area (Å²) >= 11 is 0. The van der Waals surface area contributed by atoms with Gasteiger partial charge in [0.2, 0.25) is 0 Å². The van der Waals surface area contributed by atoms with Crippen LogP contribution in [0.3, 0.4) is 0 Å². The standard InChI is InChI=1S/C16H14N6O/c1-12(20-21-16(23)14-3-2-8-17-9-14)13-4-6-15(7-5-13)22-11-18-10-19-22/h2-11H,1H3,(H,21,23)/b20-12+. The lowest BCUT2D eigenvalue weighted by atomic mass is 10.1. The first-order valence-corrected chi connectivity index (χ1v) is 6.94. The second kappa shape index (κ2) is 6.61. The maximum Gasteiger partial charge on any atom is 0.272 e. The maximum atomic E-state index is 11.9. The Morgan fingerprint density at radius 3 is 2.61 bits per heavy atom. The van der Waals surface area contributed by atoms with Gasteiger partial charge in [-0.25, -0.2) is 15.1 Å². The first kappa shape index (κ1) is 14.6. The van der Waals surface area contributed by atoms with Crippen molar-refractivity contribution in [1.82, 2.24) is 25.2 Å². The number of rotatable bonds is 4. The van der Waals surface area contributed by atoms with Gasteiger partial charge in [-0.2, -0.15) is 10.2 Å². The fourth-order valence-corrected chi connectivity index (χ4v) is 1.96. The predicted molar refractivity (Wildman–Crippen MR) is 85.3 cm³/mol. The molecule has 1 amide bonds. The number of hydrogen-bond donors (Lipinski definition) is 1. The highest BCUT2D eigenvalue weighted by atomic mass is 16.2. The monoisotopic (exact) mass is 306 g/mol. The van der Waals surface area contributed by atoms with Crippen LogP contribution in [0.15, 0.2) is 66.5 Å². The van der Waals surface area contributed by atoms with E-state index in [1.807, 2.05) is 31.2 Å². The van der Waals surface area contributed by atoms with Gasteiger partial charge in [-0.3, -0.25) is 9.78 Å². The third-order valence-corrected chi connectivity index (χ3v) is 3.22. The van der Waals surface area contributed by atoms with Gasteiger partial charge in [0.15, 0.2) is 0 Å². The van der Waals surface area contributed by atoms with Crippen molar-refractivity contribution >= 4 is 11.6 Å². The van der Waals surface area contributed by atoms with Gasteiger partial charge in [0.25, 0.3) is 5.91 Å². The van der Waals surface area contributed by atoms with Crippen LogP contribution in [0.25, 0.3) is 5.69 Å². The molecule has 0 saturated carbocycles. The average Bonchev–Trinajstić information content (AvgIpc) is 3.15. The molecule has 3 rings (SSSR count). The molecule has 1 N–H and O–H groups in total. The van der Waals surface area contributed by atoms with Gasteiger partial charge >= 0.3 is 0 Å². The van der Waals surface area contributed by atoms with Crippen molar-refractivity contribution in [3.05, 3.63) is 72.6 Å². The molecular weight excluding hydrogens is 292 g/mol. The molecule has 3 aromatic rings. The van der Waals surface area contributed by atoms with E-state index in [-0.39, 0.29) is 5.91 Å². The van der Waals surface area contributed by atoms with E-state index in [0.29, 0.717) is 11.3 Å². The Morgan fingerprint density at radius 2 is 1.96 bits per heavy atom. The lowest BCUT2D eigenvalue weighted by molar-refractivity contribution is 0.0954.